The van der Waals surface area contributed by atoms with Crippen molar-refractivity contribution in [3.63, 3.8) is 0 Å². The largest absolute Gasteiger partial charge is 0.326 e. The van der Waals surface area contributed by atoms with Crippen LogP contribution in [0.25, 0.3) is 0 Å². The maximum atomic E-state index is 12.9. The van der Waals surface area contributed by atoms with E-state index < -0.39 is 4.92 Å². The third kappa shape index (κ3) is 4.79. The zero-order chi connectivity index (χ0) is 17.0. The average Bonchev–Trinajstić information content (AvgIpc) is 2.49. The summed E-state index contributed by atoms with van der Waals surface area (Å²) in [5.74, 6) is -0.802. The number of nitro benzene ring substituents is 1. The molecule has 1 amide bonds. The van der Waals surface area contributed by atoms with Crippen LogP contribution in [0.15, 0.2) is 52.3 Å². The Hall–Kier alpha value is -2.41. The Labute approximate surface area is 137 Å². The Morgan fingerprint density at radius 2 is 1.83 bits per heavy atom. The van der Waals surface area contributed by atoms with Gasteiger partial charge in [0.25, 0.3) is 5.69 Å². The molecule has 0 aromatic heterocycles. The molecule has 0 heterocycles. The van der Waals surface area contributed by atoms with E-state index in [1.807, 2.05) is 0 Å². The quantitative estimate of drug-likeness (QED) is 0.646. The van der Waals surface area contributed by atoms with E-state index in [0.717, 1.165) is 4.90 Å². The summed E-state index contributed by atoms with van der Waals surface area (Å²) in [6.07, 6.45) is 0. The molecule has 0 radical (unpaired) electrons. The van der Waals surface area contributed by atoms with Gasteiger partial charge in [0.1, 0.15) is 5.82 Å². The van der Waals surface area contributed by atoms with E-state index in [1.165, 1.54) is 36.0 Å². The van der Waals surface area contributed by atoms with Crippen molar-refractivity contribution in [2.45, 2.75) is 23.6 Å². The van der Waals surface area contributed by atoms with Crippen molar-refractivity contribution >= 4 is 29.0 Å². The molecule has 2 aromatic rings. The van der Waals surface area contributed by atoms with Gasteiger partial charge in [-0.15, -0.1) is 0 Å². The molecule has 120 valence electrons. The first-order valence-corrected chi connectivity index (χ1v) is 7.70. The maximum Gasteiger partial charge on any atom is 0.272 e. The lowest BCUT2D eigenvalue weighted by Crippen LogP contribution is -2.17. The normalized spacial score (nSPS) is 10.6. The third-order valence-corrected chi connectivity index (χ3v) is 3.92. The van der Waals surface area contributed by atoms with Crippen LogP contribution in [0.5, 0.6) is 0 Å². The van der Waals surface area contributed by atoms with Gasteiger partial charge in [-0.1, -0.05) is 25.6 Å². The SMILES string of the molecule is CC(C)C(=O)Nc1cc(Sc2ccc(F)cc2)cc([N+](=O)[O-])c1. The van der Waals surface area contributed by atoms with Crippen LogP contribution in [-0.2, 0) is 4.79 Å². The standard InChI is InChI=1S/C16H15FN2O3S/c1-10(2)16(20)18-12-7-13(19(21)22)9-15(8-12)23-14-5-3-11(17)4-6-14/h3-10H,1-2H3,(H,18,20). The van der Waals surface area contributed by atoms with Crippen molar-refractivity contribution in [2.24, 2.45) is 5.92 Å². The molecule has 1 N–H and O–H groups in total. The molecule has 5 nitrogen and oxygen atoms in total. The number of non-ortho nitro benzene ring substituents is 1. The number of benzene rings is 2. The number of hydrogen-bond acceptors (Lipinski definition) is 4. The van der Waals surface area contributed by atoms with Crippen LogP contribution >= 0.6 is 11.8 Å². The molecular formula is C16H15FN2O3S. The van der Waals surface area contributed by atoms with Gasteiger partial charge in [0.15, 0.2) is 0 Å². The Kier molecular flexibility index (Phi) is 5.33. The summed E-state index contributed by atoms with van der Waals surface area (Å²) >= 11 is 1.26. The molecule has 0 bridgehead atoms. The number of hydrogen-bond donors (Lipinski definition) is 1. The van der Waals surface area contributed by atoms with Crippen molar-refractivity contribution in [1.82, 2.24) is 0 Å². The first kappa shape index (κ1) is 17.0. The Morgan fingerprint density at radius 1 is 1.17 bits per heavy atom. The predicted molar refractivity (Wildman–Crippen MR) is 87.1 cm³/mol. The summed E-state index contributed by atoms with van der Waals surface area (Å²) in [4.78, 5) is 23.6. The molecule has 0 fully saturated rings. The summed E-state index contributed by atoms with van der Waals surface area (Å²) < 4.78 is 12.9. The Balaban J connectivity index is 2.30. The van der Waals surface area contributed by atoms with E-state index >= 15 is 0 Å². The Bertz CT molecular complexity index is 733. The molecule has 0 spiro atoms. The highest BCUT2D eigenvalue weighted by molar-refractivity contribution is 7.99. The molecule has 2 aromatic carbocycles. The monoisotopic (exact) mass is 334 g/mol. The van der Waals surface area contributed by atoms with Gasteiger partial charge in [-0.3, -0.25) is 14.9 Å². The van der Waals surface area contributed by atoms with Crippen LogP contribution in [0.3, 0.4) is 0 Å². The van der Waals surface area contributed by atoms with Gasteiger partial charge in [0.2, 0.25) is 5.91 Å². The first-order valence-electron chi connectivity index (χ1n) is 6.89. The number of halogens is 1. The second-order valence-corrected chi connectivity index (χ2v) is 6.32. The molecule has 0 saturated heterocycles. The minimum Gasteiger partial charge on any atom is -0.326 e. The van der Waals surface area contributed by atoms with Gasteiger partial charge >= 0.3 is 0 Å². The van der Waals surface area contributed by atoms with Crippen molar-refractivity contribution in [3.8, 4) is 0 Å². The van der Waals surface area contributed by atoms with Crippen molar-refractivity contribution in [1.29, 1.82) is 0 Å². The summed E-state index contributed by atoms with van der Waals surface area (Å²) in [5, 5.41) is 13.7. The van der Waals surface area contributed by atoms with E-state index in [1.54, 1.807) is 32.0 Å². The number of rotatable bonds is 5. The predicted octanol–water partition coefficient (Wildman–Crippen LogP) is 4.48. The van der Waals surface area contributed by atoms with E-state index in [4.69, 9.17) is 0 Å². The Morgan fingerprint density at radius 3 is 2.39 bits per heavy atom. The van der Waals surface area contributed by atoms with E-state index in [0.29, 0.717) is 10.6 Å². The summed E-state index contributed by atoms with van der Waals surface area (Å²) in [7, 11) is 0. The number of nitrogens with one attached hydrogen (secondary N) is 1. The van der Waals surface area contributed by atoms with Crippen molar-refractivity contribution in [2.75, 3.05) is 5.32 Å². The summed E-state index contributed by atoms with van der Waals surface area (Å²) in [6, 6.07) is 10.2. The summed E-state index contributed by atoms with van der Waals surface area (Å²) in [5.41, 5.74) is 0.249. The number of nitro groups is 1. The van der Waals surface area contributed by atoms with Crippen LogP contribution in [0.2, 0.25) is 0 Å². The van der Waals surface area contributed by atoms with Crippen LogP contribution in [0, 0.1) is 21.8 Å². The zero-order valence-electron chi connectivity index (χ0n) is 12.6. The molecule has 0 aliphatic carbocycles. The van der Waals surface area contributed by atoms with Crippen molar-refractivity contribution in [3.05, 3.63) is 58.4 Å². The second-order valence-electron chi connectivity index (χ2n) is 5.17. The lowest BCUT2D eigenvalue weighted by atomic mass is 10.2. The number of carbonyl (C=O) groups is 1. The molecular weight excluding hydrogens is 319 g/mol. The van der Waals surface area contributed by atoms with Crippen LogP contribution in [0.1, 0.15) is 13.8 Å². The van der Waals surface area contributed by atoms with Gasteiger partial charge in [-0.2, -0.15) is 0 Å². The van der Waals surface area contributed by atoms with E-state index in [9.17, 15) is 19.3 Å². The van der Waals surface area contributed by atoms with Crippen LogP contribution in [-0.4, -0.2) is 10.8 Å². The third-order valence-electron chi connectivity index (χ3n) is 2.94. The number of nitrogens with zero attached hydrogens (tertiary/aromatic N) is 1. The van der Waals surface area contributed by atoms with E-state index in [-0.39, 0.29) is 23.3 Å². The van der Waals surface area contributed by atoms with Gasteiger partial charge in [0.05, 0.1) is 4.92 Å². The number of carbonyl (C=O) groups excluding carboxylic acids is 1. The fourth-order valence-corrected chi connectivity index (χ4v) is 2.66. The molecule has 7 heteroatoms. The number of anilines is 1. The molecule has 0 aliphatic rings. The topological polar surface area (TPSA) is 72.2 Å². The molecule has 0 unspecified atom stereocenters. The van der Waals surface area contributed by atoms with Crippen molar-refractivity contribution < 1.29 is 14.1 Å². The highest BCUT2D eigenvalue weighted by atomic mass is 32.2. The second kappa shape index (κ2) is 7.23. The molecule has 2 rings (SSSR count). The first-order chi connectivity index (χ1) is 10.8. The van der Waals surface area contributed by atoms with E-state index in [2.05, 4.69) is 5.32 Å². The van der Waals surface area contributed by atoms with Gasteiger partial charge in [-0.25, -0.2) is 4.39 Å². The fourth-order valence-electron chi connectivity index (χ4n) is 1.75. The smallest absolute Gasteiger partial charge is 0.272 e. The lowest BCUT2D eigenvalue weighted by molar-refractivity contribution is -0.385. The molecule has 0 atom stereocenters. The molecule has 0 aliphatic heterocycles. The number of amides is 1. The minimum absolute atomic E-state index is 0.115. The highest BCUT2D eigenvalue weighted by Gasteiger charge is 2.14. The van der Waals surface area contributed by atoms with Crippen LogP contribution < -0.4 is 5.32 Å². The van der Waals surface area contributed by atoms with Gasteiger partial charge in [0, 0.05) is 33.5 Å². The average molecular weight is 334 g/mol. The maximum absolute atomic E-state index is 12.9. The van der Waals surface area contributed by atoms with Gasteiger partial charge in [-0.05, 0) is 30.3 Å². The van der Waals surface area contributed by atoms with Crippen LogP contribution in [0.4, 0.5) is 15.8 Å². The zero-order valence-corrected chi connectivity index (χ0v) is 13.4. The minimum atomic E-state index is -0.514. The highest BCUT2D eigenvalue weighted by Crippen LogP contribution is 2.33. The van der Waals surface area contributed by atoms with Gasteiger partial charge < -0.3 is 5.32 Å². The fraction of sp³-hybridized carbons (Fsp3) is 0.188. The summed E-state index contributed by atoms with van der Waals surface area (Å²) in [6.45, 7) is 3.47. The molecule has 0 saturated carbocycles. The lowest BCUT2D eigenvalue weighted by Gasteiger charge is -2.09. The molecule has 23 heavy (non-hydrogen) atoms.